The van der Waals surface area contributed by atoms with Gasteiger partial charge in [-0.1, -0.05) is 6.92 Å². The fourth-order valence-electron chi connectivity index (χ4n) is 1.22. The maximum Gasteiger partial charge on any atom is 0.221 e. The molecule has 0 aromatic rings. The molecule has 0 aromatic heterocycles. The number of nitrogens with one attached hydrogen (secondary N) is 2. The van der Waals surface area contributed by atoms with Gasteiger partial charge < -0.3 is 15.5 Å². The maximum absolute atomic E-state index is 11.3. The van der Waals surface area contributed by atoms with Crippen LogP contribution in [0.5, 0.6) is 0 Å². The van der Waals surface area contributed by atoms with Gasteiger partial charge in [0.1, 0.15) is 0 Å². The summed E-state index contributed by atoms with van der Waals surface area (Å²) in [6.45, 7) is 5.70. The minimum atomic E-state index is 0.150. The van der Waals surface area contributed by atoms with E-state index >= 15 is 0 Å². The van der Waals surface area contributed by atoms with Gasteiger partial charge in [0.2, 0.25) is 5.91 Å². The number of carbonyl (C=O) groups excluding carboxylic acids is 1. The summed E-state index contributed by atoms with van der Waals surface area (Å²) in [5.41, 5.74) is 0. The van der Waals surface area contributed by atoms with Crippen LogP contribution >= 0.6 is 0 Å². The number of amides is 1. The second-order valence-corrected chi connectivity index (χ2v) is 4.01. The van der Waals surface area contributed by atoms with Gasteiger partial charge in [-0.2, -0.15) is 0 Å². The molecule has 0 aliphatic heterocycles. The molecule has 0 aromatic carbocycles. The smallest absolute Gasteiger partial charge is 0.221 e. The fourth-order valence-corrected chi connectivity index (χ4v) is 1.22. The Kier molecular flexibility index (Phi) is 9.52. The zero-order chi connectivity index (χ0) is 11.5. The van der Waals surface area contributed by atoms with E-state index in [2.05, 4.69) is 22.5 Å². The number of nitrogens with zero attached hydrogens (tertiary/aromatic N) is 1. The van der Waals surface area contributed by atoms with E-state index in [-0.39, 0.29) is 5.91 Å². The third-order valence-corrected chi connectivity index (χ3v) is 2.06. The summed E-state index contributed by atoms with van der Waals surface area (Å²) in [5.74, 6) is 0.150. The summed E-state index contributed by atoms with van der Waals surface area (Å²) in [6.07, 6.45) is 2.72. The number of hydrogen-bond acceptors (Lipinski definition) is 3. The normalized spacial score (nSPS) is 10.7. The van der Waals surface area contributed by atoms with Crippen molar-refractivity contribution in [2.75, 3.05) is 40.3 Å². The molecule has 1 amide bonds. The summed E-state index contributed by atoms with van der Waals surface area (Å²) < 4.78 is 0. The van der Waals surface area contributed by atoms with Gasteiger partial charge in [0.15, 0.2) is 0 Å². The van der Waals surface area contributed by atoms with Crippen molar-refractivity contribution in [1.82, 2.24) is 15.5 Å². The quantitative estimate of drug-likeness (QED) is 0.549. The first kappa shape index (κ1) is 14.4. The summed E-state index contributed by atoms with van der Waals surface area (Å²) in [4.78, 5) is 13.4. The Morgan fingerprint density at radius 2 is 1.93 bits per heavy atom. The molecule has 0 saturated carbocycles. The molecular weight excluding hydrogens is 190 g/mol. The molecule has 4 nitrogen and oxygen atoms in total. The van der Waals surface area contributed by atoms with Crippen molar-refractivity contribution in [3.63, 3.8) is 0 Å². The highest BCUT2D eigenvalue weighted by atomic mass is 16.1. The molecule has 0 aliphatic carbocycles. The van der Waals surface area contributed by atoms with E-state index in [4.69, 9.17) is 0 Å². The Bertz CT molecular complexity index is 160. The SMILES string of the molecule is CCCNCCC(=O)NCCCN(C)C. The third-order valence-electron chi connectivity index (χ3n) is 2.06. The standard InChI is InChI=1S/C11H25N3O/c1-4-7-12-9-6-11(15)13-8-5-10-14(2)3/h12H,4-10H2,1-3H3,(H,13,15). The molecule has 0 radical (unpaired) electrons. The van der Waals surface area contributed by atoms with E-state index in [1.165, 1.54) is 0 Å². The van der Waals surface area contributed by atoms with Crippen molar-refractivity contribution in [3.05, 3.63) is 0 Å². The fraction of sp³-hybridized carbons (Fsp3) is 0.909. The lowest BCUT2D eigenvalue weighted by Gasteiger charge is -2.09. The van der Waals surface area contributed by atoms with Crippen molar-refractivity contribution in [1.29, 1.82) is 0 Å². The lowest BCUT2D eigenvalue weighted by molar-refractivity contribution is -0.121. The molecule has 0 fully saturated rings. The molecule has 0 bridgehead atoms. The van der Waals surface area contributed by atoms with Crippen LogP contribution in [-0.2, 0) is 4.79 Å². The molecule has 0 rings (SSSR count). The second-order valence-electron chi connectivity index (χ2n) is 4.01. The highest BCUT2D eigenvalue weighted by Crippen LogP contribution is 1.83. The molecule has 90 valence electrons. The highest BCUT2D eigenvalue weighted by molar-refractivity contribution is 5.75. The second kappa shape index (κ2) is 9.93. The first-order valence-electron chi connectivity index (χ1n) is 5.79. The van der Waals surface area contributed by atoms with Crippen molar-refractivity contribution >= 4 is 5.91 Å². The monoisotopic (exact) mass is 215 g/mol. The van der Waals surface area contributed by atoms with Crippen LogP contribution in [0.2, 0.25) is 0 Å². The van der Waals surface area contributed by atoms with Crippen molar-refractivity contribution in [2.24, 2.45) is 0 Å². The van der Waals surface area contributed by atoms with Crippen molar-refractivity contribution < 1.29 is 4.79 Å². The number of rotatable bonds is 9. The predicted octanol–water partition coefficient (Wildman–Crippen LogP) is 0.444. The van der Waals surface area contributed by atoms with Gasteiger partial charge in [0, 0.05) is 19.5 Å². The Morgan fingerprint density at radius 1 is 1.20 bits per heavy atom. The lowest BCUT2D eigenvalue weighted by Crippen LogP contribution is -2.30. The van der Waals surface area contributed by atoms with E-state index in [0.29, 0.717) is 6.42 Å². The first-order chi connectivity index (χ1) is 7.16. The molecular formula is C11H25N3O. The van der Waals surface area contributed by atoms with Crippen LogP contribution in [0, 0.1) is 0 Å². The van der Waals surface area contributed by atoms with Crippen LogP contribution in [-0.4, -0.2) is 51.1 Å². The molecule has 15 heavy (non-hydrogen) atoms. The predicted molar refractivity (Wildman–Crippen MR) is 64.0 cm³/mol. The largest absolute Gasteiger partial charge is 0.356 e. The van der Waals surface area contributed by atoms with E-state index in [1.807, 2.05) is 14.1 Å². The van der Waals surface area contributed by atoms with Gasteiger partial charge >= 0.3 is 0 Å². The van der Waals surface area contributed by atoms with Crippen molar-refractivity contribution in [3.8, 4) is 0 Å². The Hall–Kier alpha value is -0.610. The highest BCUT2D eigenvalue weighted by Gasteiger charge is 1.99. The number of hydrogen-bond donors (Lipinski definition) is 2. The van der Waals surface area contributed by atoms with Gasteiger partial charge in [0.05, 0.1) is 0 Å². The molecule has 0 unspecified atom stereocenters. The molecule has 0 aliphatic rings. The van der Waals surface area contributed by atoms with Crippen LogP contribution in [0.4, 0.5) is 0 Å². The average Bonchev–Trinajstić information content (AvgIpc) is 2.19. The zero-order valence-corrected chi connectivity index (χ0v) is 10.3. The minimum Gasteiger partial charge on any atom is -0.356 e. The Labute approximate surface area is 93.4 Å². The van der Waals surface area contributed by atoms with E-state index in [9.17, 15) is 4.79 Å². The summed E-state index contributed by atoms with van der Waals surface area (Å²) in [6, 6.07) is 0. The Balaban J connectivity index is 3.19. The molecule has 2 N–H and O–H groups in total. The topological polar surface area (TPSA) is 44.4 Å². The summed E-state index contributed by atoms with van der Waals surface area (Å²) in [5, 5.41) is 6.11. The number of carbonyl (C=O) groups is 1. The summed E-state index contributed by atoms with van der Waals surface area (Å²) in [7, 11) is 4.08. The first-order valence-corrected chi connectivity index (χ1v) is 5.79. The zero-order valence-electron chi connectivity index (χ0n) is 10.3. The van der Waals surface area contributed by atoms with Crippen molar-refractivity contribution in [2.45, 2.75) is 26.2 Å². The van der Waals surface area contributed by atoms with Gasteiger partial charge in [0.25, 0.3) is 0 Å². The molecule has 0 heterocycles. The lowest BCUT2D eigenvalue weighted by atomic mass is 10.3. The van der Waals surface area contributed by atoms with E-state index in [1.54, 1.807) is 0 Å². The molecule has 0 atom stereocenters. The van der Waals surface area contributed by atoms with Gasteiger partial charge in [-0.15, -0.1) is 0 Å². The van der Waals surface area contributed by atoms with Gasteiger partial charge in [-0.05, 0) is 40.0 Å². The summed E-state index contributed by atoms with van der Waals surface area (Å²) >= 11 is 0. The van der Waals surface area contributed by atoms with Crippen LogP contribution in [0.1, 0.15) is 26.2 Å². The van der Waals surface area contributed by atoms with E-state index in [0.717, 1.165) is 39.0 Å². The van der Waals surface area contributed by atoms with Crippen LogP contribution in [0.3, 0.4) is 0 Å². The third kappa shape index (κ3) is 11.3. The van der Waals surface area contributed by atoms with E-state index < -0.39 is 0 Å². The molecule has 0 spiro atoms. The van der Waals surface area contributed by atoms with Crippen LogP contribution in [0.25, 0.3) is 0 Å². The Morgan fingerprint density at radius 3 is 2.53 bits per heavy atom. The molecule has 0 saturated heterocycles. The van der Waals surface area contributed by atoms with Gasteiger partial charge in [-0.25, -0.2) is 0 Å². The maximum atomic E-state index is 11.3. The van der Waals surface area contributed by atoms with Crippen LogP contribution < -0.4 is 10.6 Å². The van der Waals surface area contributed by atoms with Gasteiger partial charge in [-0.3, -0.25) is 4.79 Å². The minimum absolute atomic E-state index is 0.150. The van der Waals surface area contributed by atoms with Crippen LogP contribution in [0.15, 0.2) is 0 Å². The average molecular weight is 215 g/mol. The molecule has 4 heteroatoms.